The van der Waals surface area contributed by atoms with Crippen LogP contribution in [0.25, 0.3) is 0 Å². The number of aromatic nitrogens is 1. The molecule has 0 atom stereocenters. The Morgan fingerprint density at radius 2 is 2.24 bits per heavy atom. The lowest BCUT2D eigenvalue weighted by molar-refractivity contribution is 0.0916. The van der Waals surface area contributed by atoms with Crippen LogP contribution in [0.1, 0.15) is 35.2 Å². The molecular formula is C16H21N3O2. The molecule has 2 rings (SSSR count). The second-order valence-electron chi connectivity index (χ2n) is 5.29. The number of hydrogen-bond donors (Lipinski definition) is 2. The summed E-state index contributed by atoms with van der Waals surface area (Å²) in [5.74, 6) is 5.62. The van der Waals surface area contributed by atoms with E-state index in [4.69, 9.17) is 5.11 Å². The number of amides is 1. The Balaban J connectivity index is 1.96. The second kappa shape index (κ2) is 7.77. The summed E-state index contributed by atoms with van der Waals surface area (Å²) in [6.07, 6.45) is 5.56. The van der Waals surface area contributed by atoms with Crippen molar-refractivity contribution in [1.82, 2.24) is 15.2 Å². The maximum atomic E-state index is 12.2. The van der Waals surface area contributed by atoms with E-state index in [9.17, 15) is 4.79 Å². The molecule has 0 spiro atoms. The molecule has 0 bridgehead atoms. The Morgan fingerprint density at radius 1 is 1.48 bits per heavy atom. The molecule has 2 heterocycles. The highest BCUT2D eigenvalue weighted by Gasteiger charge is 2.19. The van der Waals surface area contributed by atoms with Crippen LogP contribution >= 0.6 is 0 Å². The highest BCUT2D eigenvalue weighted by molar-refractivity contribution is 5.94. The van der Waals surface area contributed by atoms with Gasteiger partial charge in [-0.25, -0.2) is 0 Å². The normalized spacial score (nSPS) is 16.1. The van der Waals surface area contributed by atoms with Gasteiger partial charge in [-0.15, -0.1) is 0 Å². The van der Waals surface area contributed by atoms with Gasteiger partial charge >= 0.3 is 0 Å². The van der Waals surface area contributed by atoms with E-state index in [1.807, 2.05) is 0 Å². The number of nitrogens with zero attached hydrogens (tertiary/aromatic N) is 2. The van der Waals surface area contributed by atoms with Crippen molar-refractivity contribution in [2.24, 2.45) is 0 Å². The van der Waals surface area contributed by atoms with Crippen molar-refractivity contribution in [3.63, 3.8) is 0 Å². The molecule has 1 aromatic heterocycles. The van der Waals surface area contributed by atoms with Crippen LogP contribution in [0.3, 0.4) is 0 Å². The largest absolute Gasteiger partial charge is 0.395 e. The van der Waals surface area contributed by atoms with E-state index in [2.05, 4.69) is 34.1 Å². The summed E-state index contributed by atoms with van der Waals surface area (Å²) in [6.45, 7) is 2.06. The summed E-state index contributed by atoms with van der Waals surface area (Å²) >= 11 is 0. The van der Waals surface area contributed by atoms with Crippen LogP contribution in [0, 0.1) is 11.8 Å². The van der Waals surface area contributed by atoms with E-state index in [1.165, 1.54) is 0 Å². The second-order valence-corrected chi connectivity index (χ2v) is 5.29. The lowest BCUT2D eigenvalue weighted by Gasteiger charge is -2.29. The van der Waals surface area contributed by atoms with Gasteiger partial charge in [0.25, 0.3) is 5.91 Å². The molecule has 0 unspecified atom stereocenters. The standard InChI is InChI=1S/C16H21N3O2/c1-19-7-5-15(6-8-19)18-16(21)14-10-13(11-17-12-14)4-2-3-9-20/h10-12,15,20H,3,5-9H2,1H3,(H,18,21). The van der Waals surface area contributed by atoms with Crippen molar-refractivity contribution < 1.29 is 9.90 Å². The summed E-state index contributed by atoms with van der Waals surface area (Å²) in [7, 11) is 2.09. The Hall–Kier alpha value is -1.90. The van der Waals surface area contributed by atoms with Gasteiger partial charge in [0, 0.05) is 30.4 Å². The SMILES string of the molecule is CN1CCC(NC(=O)c2cncc(C#CCCO)c2)CC1. The average Bonchev–Trinajstić information content (AvgIpc) is 2.50. The average molecular weight is 287 g/mol. The number of likely N-dealkylation sites (tertiary alicyclic amines) is 1. The quantitative estimate of drug-likeness (QED) is 0.801. The van der Waals surface area contributed by atoms with Crippen molar-refractivity contribution in [3.8, 4) is 11.8 Å². The molecule has 1 aromatic rings. The third kappa shape index (κ3) is 4.85. The van der Waals surface area contributed by atoms with Gasteiger partial charge < -0.3 is 15.3 Å². The molecule has 2 N–H and O–H groups in total. The first kappa shape index (κ1) is 15.5. The molecule has 1 aliphatic rings. The van der Waals surface area contributed by atoms with Crippen LogP contribution in [0.4, 0.5) is 0 Å². The molecule has 1 aliphatic heterocycles. The fourth-order valence-corrected chi connectivity index (χ4v) is 2.27. The van der Waals surface area contributed by atoms with Gasteiger partial charge in [-0.05, 0) is 39.0 Å². The number of carbonyl (C=O) groups is 1. The monoisotopic (exact) mass is 287 g/mol. The minimum atomic E-state index is -0.0946. The first-order valence-corrected chi connectivity index (χ1v) is 7.23. The van der Waals surface area contributed by atoms with E-state index >= 15 is 0 Å². The van der Waals surface area contributed by atoms with Crippen molar-refractivity contribution in [2.45, 2.75) is 25.3 Å². The van der Waals surface area contributed by atoms with Crippen molar-refractivity contribution in [3.05, 3.63) is 29.6 Å². The van der Waals surface area contributed by atoms with Gasteiger partial charge in [-0.1, -0.05) is 11.8 Å². The van der Waals surface area contributed by atoms with Crippen LogP contribution in [0.2, 0.25) is 0 Å². The summed E-state index contributed by atoms with van der Waals surface area (Å²) in [4.78, 5) is 18.5. The lowest BCUT2D eigenvalue weighted by Crippen LogP contribution is -2.43. The molecule has 21 heavy (non-hydrogen) atoms. The maximum absolute atomic E-state index is 12.2. The predicted molar refractivity (Wildman–Crippen MR) is 80.8 cm³/mol. The number of aliphatic hydroxyl groups is 1. The van der Waals surface area contributed by atoms with Crippen molar-refractivity contribution in [2.75, 3.05) is 26.7 Å². The van der Waals surface area contributed by atoms with Crippen molar-refractivity contribution in [1.29, 1.82) is 0 Å². The number of rotatable bonds is 3. The molecule has 1 fully saturated rings. The molecule has 5 nitrogen and oxygen atoms in total. The van der Waals surface area contributed by atoms with Crippen LogP contribution in [0.15, 0.2) is 18.5 Å². The number of pyridine rings is 1. The number of hydrogen-bond acceptors (Lipinski definition) is 4. The Bertz CT molecular complexity index is 540. The summed E-state index contributed by atoms with van der Waals surface area (Å²) in [5, 5.41) is 11.8. The van der Waals surface area contributed by atoms with E-state index in [0.29, 0.717) is 17.5 Å². The fraction of sp³-hybridized carbons (Fsp3) is 0.500. The number of aliphatic hydroxyl groups excluding tert-OH is 1. The first-order valence-electron chi connectivity index (χ1n) is 7.23. The molecule has 1 saturated heterocycles. The van der Waals surface area contributed by atoms with Crippen LogP contribution in [-0.4, -0.2) is 53.7 Å². The van der Waals surface area contributed by atoms with E-state index in [0.717, 1.165) is 25.9 Å². The van der Waals surface area contributed by atoms with Gasteiger partial charge in [0.05, 0.1) is 12.2 Å². The Morgan fingerprint density at radius 3 is 2.95 bits per heavy atom. The molecule has 112 valence electrons. The van der Waals surface area contributed by atoms with Gasteiger partial charge in [0.2, 0.25) is 0 Å². The van der Waals surface area contributed by atoms with Gasteiger partial charge in [0.15, 0.2) is 0 Å². The molecule has 0 saturated carbocycles. The van der Waals surface area contributed by atoms with E-state index < -0.39 is 0 Å². The number of carbonyl (C=O) groups excluding carboxylic acids is 1. The molecular weight excluding hydrogens is 266 g/mol. The minimum absolute atomic E-state index is 0.0384. The molecule has 0 aliphatic carbocycles. The first-order chi connectivity index (χ1) is 10.2. The zero-order valence-electron chi connectivity index (χ0n) is 12.3. The number of piperidine rings is 1. The third-order valence-electron chi connectivity index (χ3n) is 3.52. The van der Waals surface area contributed by atoms with Crippen LogP contribution < -0.4 is 5.32 Å². The van der Waals surface area contributed by atoms with Crippen LogP contribution in [0.5, 0.6) is 0 Å². The lowest BCUT2D eigenvalue weighted by atomic mass is 10.0. The Labute approximate surface area is 125 Å². The zero-order valence-corrected chi connectivity index (χ0v) is 12.3. The van der Waals surface area contributed by atoms with Crippen LogP contribution in [-0.2, 0) is 0 Å². The van der Waals surface area contributed by atoms with Crippen molar-refractivity contribution >= 4 is 5.91 Å². The minimum Gasteiger partial charge on any atom is -0.395 e. The van der Waals surface area contributed by atoms with E-state index in [1.54, 1.807) is 18.5 Å². The van der Waals surface area contributed by atoms with Gasteiger partial charge in [-0.3, -0.25) is 9.78 Å². The summed E-state index contributed by atoms with van der Waals surface area (Å²) < 4.78 is 0. The number of nitrogens with one attached hydrogen (secondary N) is 1. The smallest absolute Gasteiger partial charge is 0.253 e. The van der Waals surface area contributed by atoms with E-state index in [-0.39, 0.29) is 18.6 Å². The molecule has 0 aromatic carbocycles. The highest BCUT2D eigenvalue weighted by Crippen LogP contribution is 2.10. The highest BCUT2D eigenvalue weighted by atomic mass is 16.2. The molecule has 1 amide bonds. The summed E-state index contributed by atoms with van der Waals surface area (Å²) in [5.41, 5.74) is 1.23. The molecule has 0 radical (unpaired) electrons. The fourth-order valence-electron chi connectivity index (χ4n) is 2.27. The zero-order chi connectivity index (χ0) is 15.1. The molecule has 5 heteroatoms. The van der Waals surface area contributed by atoms with Gasteiger partial charge in [-0.2, -0.15) is 0 Å². The maximum Gasteiger partial charge on any atom is 0.253 e. The topological polar surface area (TPSA) is 65.5 Å². The Kier molecular flexibility index (Phi) is 5.73. The third-order valence-corrected chi connectivity index (χ3v) is 3.52. The summed E-state index contributed by atoms with van der Waals surface area (Å²) in [6, 6.07) is 1.97. The predicted octanol–water partition coefficient (Wildman–Crippen LogP) is 0.639. The van der Waals surface area contributed by atoms with Gasteiger partial charge in [0.1, 0.15) is 0 Å².